The van der Waals surface area contributed by atoms with Gasteiger partial charge in [0.1, 0.15) is 5.75 Å². The topological polar surface area (TPSA) is 108 Å². The van der Waals surface area contributed by atoms with Gasteiger partial charge in [0, 0.05) is 13.5 Å². The predicted molar refractivity (Wildman–Crippen MR) is 88.2 cm³/mol. The third-order valence-corrected chi connectivity index (χ3v) is 6.07. The number of phenolic OH excluding ortho intramolecular Hbond substituents is 1. The average molecular weight is 355 g/mol. The molecule has 0 saturated heterocycles. The van der Waals surface area contributed by atoms with Gasteiger partial charge < -0.3 is 10.4 Å². The van der Waals surface area contributed by atoms with Gasteiger partial charge in [0.15, 0.2) is 9.34 Å². The molecule has 3 N–H and O–H groups in total. The summed E-state index contributed by atoms with van der Waals surface area (Å²) in [6.07, 6.45) is 0.496. The second kappa shape index (κ2) is 7.07. The van der Waals surface area contributed by atoms with Crippen LogP contribution in [-0.2, 0) is 21.2 Å². The number of carbonyl (C=O) groups is 1. The zero-order valence-corrected chi connectivity index (χ0v) is 14.3. The minimum Gasteiger partial charge on any atom is -0.508 e. The molecule has 0 aliphatic rings. The second-order valence-electron chi connectivity index (χ2n) is 4.89. The van der Waals surface area contributed by atoms with Crippen LogP contribution in [0.4, 0.5) is 5.13 Å². The monoisotopic (exact) mass is 355 g/mol. The number of rotatable bonds is 6. The van der Waals surface area contributed by atoms with Crippen LogP contribution in [0.3, 0.4) is 0 Å². The maximum atomic E-state index is 12.3. The summed E-state index contributed by atoms with van der Waals surface area (Å²) < 4.78 is 27.2. The van der Waals surface area contributed by atoms with Crippen LogP contribution >= 0.6 is 11.3 Å². The van der Waals surface area contributed by atoms with E-state index in [0.29, 0.717) is 12.1 Å². The number of phenols is 1. The summed E-state index contributed by atoms with van der Waals surface area (Å²) >= 11 is 0.916. The molecule has 1 heterocycles. The van der Waals surface area contributed by atoms with Crippen molar-refractivity contribution in [1.82, 2.24) is 9.71 Å². The smallest absolute Gasteiger partial charge is 0.252 e. The molecule has 0 radical (unpaired) electrons. The summed E-state index contributed by atoms with van der Waals surface area (Å²) in [6, 6.07) is 6.57. The molecule has 2 aromatic rings. The lowest BCUT2D eigenvalue weighted by Gasteiger charge is -2.05. The highest BCUT2D eigenvalue weighted by Crippen LogP contribution is 2.26. The number of carbonyl (C=O) groups excluding carboxylic acids is 1. The van der Waals surface area contributed by atoms with Crippen LogP contribution in [-0.4, -0.2) is 31.0 Å². The number of nitrogens with zero attached hydrogens (tertiary/aromatic N) is 1. The Balaban J connectivity index is 2.02. The quantitative estimate of drug-likeness (QED) is 0.730. The fourth-order valence-electron chi connectivity index (χ4n) is 1.89. The van der Waals surface area contributed by atoms with Gasteiger partial charge in [-0.2, -0.15) is 0 Å². The molecule has 0 bridgehead atoms. The summed E-state index contributed by atoms with van der Waals surface area (Å²) in [4.78, 5) is 15.0. The van der Waals surface area contributed by atoms with E-state index in [2.05, 4.69) is 15.0 Å². The van der Waals surface area contributed by atoms with Crippen LogP contribution in [0.25, 0.3) is 0 Å². The number of thiazole rings is 1. The molecule has 0 unspecified atom stereocenters. The van der Waals surface area contributed by atoms with E-state index in [0.717, 1.165) is 16.9 Å². The maximum Gasteiger partial charge on any atom is 0.252 e. The van der Waals surface area contributed by atoms with Gasteiger partial charge in [-0.05, 0) is 31.0 Å². The molecule has 0 fully saturated rings. The van der Waals surface area contributed by atoms with Crippen LogP contribution in [0.15, 0.2) is 28.5 Å². The molecule has 1 aromatic heterocycles. The van der Waals surface area contributed by atoms with E-state index in [4.69, 9.17) is 0 Å². The van der Waals surface area contributed by atoms with Crippen LogP contribution in [0.1, 0.15) is 18.2 Å². The van der Waals surface area contributed by atoms with Gasteiger partial charge in [-0.1, -0.05) is 23.5 Å². The Morgan fingerprint density at radius 1 is 1.30 bits per heavy atom. The molecule has 1 aromatic carbocycles. The van der Waals surface area contributed by atoms with Gasteiger partial charge in [0.25, 0.3) is 10.0 Å². The number of hydrogen-bond donors (Lipinski definition) is 3. The Morgan fingerprint density at radius 2 is 1.96 bits per heavy atom. The van der Waals surface area contributed by atoms with Gasteiger partial charge in [-0.15, -0.1) is 0 Å². The van der Waals surface area contributed by atoms with Crippen molar-refractivity contribution in [1.29, 1.82) is 0 Å². The van der Waals surface area contributed by atoms with Crippen molar-refractivity contribution in [3.05, 3.63) is 35.5 Å². The largest absolute Gasteiger partial charge is 0.508 e. The number of amides is 1. The number of hydrogen-bond acceptors (Lipinski definition) is 6. The van der Waals surface area contributed by atoms with E-state index >= 15 is 0 Å². The molecule has 0 saturated carbocycles. The zero-order valence-electron chi connectivity index (χ0n) is 12.7. The number of benzene rings is 1. The minimum atomic E-state index is -3.68. The van der Waals surface area contributed by atoms with Crippen molar-refractivity contribution in [2.45, 2.75) is 24.5 Å². The Morgan fingerprint density at radius 3 is 2.57 bits per heavy atom. The first kappa shape index (κ1) is 17.4. The summed E-state index contributed by atoms with van der Waals surface area (Å²) in [5, 5.41) is 11.9. The molecule has 0 spiro atoms. The van der Waals surface area contributed by atoms with Gasteiger partial charge in [0.2, 0.25) is 5.91 Å². The summed E-state index contributed by atoms with van der Waals surface area (Å²) in [6.45, 7) is 3.14. The highest BCUT2D eigenvalue weighted by atomic mass is 32.2. The minimum absolute atomic E-state index is 0.0898. The van der Waals surface area contributed by atoms with Crippen molar-refractivity contribution in [2.75, 3.05) is 11.9 Å². The van der Waals surface area contributed by atoms with E-state index in [9.17, 15) is 18.3 Å². The average Bonchev–Trinajstić information content (AvgIpc) is 2.81. The first-order valence-electron chi connectivity index (χ1n) is 6.80. The molecular weight excluding hydrogens is 338 g/mol. The maximum absolute atomic E-state index is 12.3. The van der Waals surface area contributed by atoms with Crippen molar-refractivity contribution in [2.24, 2.45) is 0 Å². The predicted octanol–water partition coefficient (Wildman–Crippen LogP) is 1.64. The standard InChI is InChI=1S/C14H17N3O4S2/c1-9-13(22-14(16-9)17-10(2)18)23(20,21)15-8-7-11-3-5-12(19)6-4-11/h3-6,15,19H,7-8H2,1-2H3,(H,16,17,18). The fourth-order valence-corrected chi connectivity index (χ4v) is 4.43. The molecule has 9 heteroatoms. The normalized spacial score (nSPS) is 11.4. The third-order valence-electron chi connectivity index (χ3n) is 2.92. The molecular formula is C14H17N3O4S2. The first-order chi connectivity index (χ1) is 10.8. The highest BCUT2D eigenvalue weighted by Gasteiger charge is 2.21. The van der Waals surface area contributed by atoms with E-state index in [1.807, 2.05) is 0 Å². The zero-order chi connectivity index (χ0) is 17.0. The second-order valence-corrected chi connectivity index (χ2v) is 7.85. The van der Waals surface area contributed by atoms with Crippen molar-refractivity contribution in [3.8, 4) is 5.75 Å². The van der Waals surface area contributed by atoms with Crippen molar-refractivity contribution in [3.63, 3.8) is 0 Å². The molecule has 124 valence electrons. The molecule has 0 aliphatic carbocycles. The Kier molecular flexibility index (Phi) is 5.34. The van der Waals surface area contributed by atoms with Crippen molar-refractivity contribution < 1.29 is 18.3 Å². The van der Waals surface area contributed by atoms with Crippen molar-refractivity contribution >= 4 is 32.4 Å². The molecule has 0 aliphatic heterocycles. The lowest BCUT2D eigenvalue weighted by molar-refractivity contribution is -0.114. The third kappa shape index (κ3) is 4.75. The molecule has 1 amide bonds. The fraction of sp³-hybridized carbons (Fsp3) is 0.286. The van der Waals surface area contributed by atoms with Gasteiger partial charge in [-0.25, -0.2) is 18.1 Å². The number of nitrogens with one attached hydrogen (secondary N) is 2. The highest BCUT2D eigenvalue weighted by molar-refractivity contribution is 7.91. The number of aromatic hydroxyl groups is 1. The Labute approximate surface area is 138 Å². The Bertz CT molecular complexity index is 798. The summed E-state index contributed by atoms with van der Waals surface area (Å²) in [7, 11) is -3.68. The molecule has 2 rings (SSSR count). The molecule has 0 atom stereocenters. The van der Waals surface area contributed by atoms with Crippen LogP contribution in [0.5, 0.6) is 5.75 Å². The molecule has 23 heavy (non-hydrogen) atoms. The summed E-state index contributed by atoms with van der Waals surface area (Å²) in [5.74, 6) is -0.136. The lowest BCUT2D eigenvalue weighted by Crippen LogP contribution is -2.25. The van der Waals surface area contributed by atoms with Gasteiger partial charge in [-0.3, -0.25) is 4.79 Å². The van der Waals surface area contributed by atoms with Crippen LogP contribution in [0, 0.1) is 6.92 Å². The number of aryl methyl sites for hydroxylation is 1. The number of aromatic nitrogens is 1. The SMILES string of the molecule is CC(=O)Nc1nc(C)c(S(=O)(=O)NCCc2ccc(O)cc2)s1. The van der Waals surface area contributed by atoms with Crippen LogP contribution < -0.4 is 10.0 Å². The number of sulfonamides is 1. The van der Waals surface area contributed by atoms with E-state index in [1.165, 1.54) is 6.92 Å². The van der Waals surface area contributed by atoms with Gasteiger partial charge >= 0.3 is 0 Å². The lowest BCUT2D eigenvalue weighted by atomic mass is 10.1. The first-order valence-corrected chi connectivity index (χ1v) is 9.10. The molecule has 7 nitrogen and oxygen atoms in total. The van der Waals surface area contributed by atoms with E-state index in [1.54, 1.807) is 31.2 Å². The Hall–Kier alpha value is -1.97. The number of anilines is 1. The van der Waals surface area contributed by atoms with Crippen LogP contribution in [0.2, 0.25) is 0 Å². The van der Waals surface area contributed by atoms with Gasteiger partial charge in [0.05, 0.1) is 5.69 Å². The van der Waals surface area contributed by atoms with E-state index < -0.39 is 10.0 Å². The summed E-state index contributed by atoms with van der Waals surface area (Å²) in [5.41, 5.74) is 1.25. The van der Waals surface area contributed by atoms with E-state index in [-0.39, 0.29) is 27.5 Å².